The number of carbonyl (C=O) groups is 1. The number of halogens is 1. The van der Waals surface area contributed by atoms with Gasteiger partial charge in [-0.2, -0.15) is 0 Å². The Balaban J connectivity index is 1.85. The molecule has 0 aliphatic carbocycles. The fourth-order valence-corrected chi connectivity index (χ4v) is 2.53. The van der Waals surface area contributed by atoms with Gasteiger partial charge in [-0.15, -0.1) is 0 Å². The normalized spacial score (nSPS) is 10.7. The van der Waals surface area contributed by atoms with Crippen LogP contribution in [0.5, 0.6) is 0 Å². The van der Waals surface area contributed by atoms with Crippen LogP contribution in [0.3, 0.4) is 0 Å². The Morgan fingerprint density at radius 3 is 2.61 bits per heavy atom. The van der Waals surface area contributed by atoms with Gasteiger partial charge in [-0.3, -0.25) is 0 Å². The Hall–Kier alpha value is -2.40. The summed E-state index contributed by atoms with van der Waals surface area (Å²) in [4.78, 5) is 23.7. The molecule has 3 aromatic rings. The number of ether oxygens (including phenoxy) is 1. The lowest BCUT2D eigenvalue weighted by Gasteiger charge is -2.08. The molecule has 0 spiro atoms. The predicted molar refractivity (Wildman–Crippen MR) is 90.5 cm³/mol. The van der Waals surface area contributed by atoms with Crippen molar-refractivity contribution in [3.8, 4) is 0 Å². The molecule has 3 rings (SSSR count). The molecule has 0 saturated carbocycles. The summed E-state index contributed by atoms with van der Waals surface area (Å²) in [6.07, 6.45) is 0. The van der Waals surface area contributed by atoms with Crippen LogP contribution >= 0.6 is 15.9 Å². The van der Waals surface area contributed by atoms with Crippen LogP contribution < -0.4 is 5.63 Å². The summed E-state index contributed by atoms with van der Waals surface area (Å²) >= 11 is 3.31. The van der Waals surface area contributed by atoms with Crippen molar-refractivity contribution < 1.29 is 13.9 Å². The lowest BCUT2D eigenvalue weighted by Crippen LogP contribution is -2.08. The van der Waals surface area contributed by atoms with E-state index in [1.807, 2.05) is 19.1 Å². The Kier molecular flexibility index (Phi) is 4.30. The van der Waals surface area contributed by atoms with Crippen molar-refractivity contribution in [3.63, 3.8) is 0 Å². The molecular formula is C18H13BrO4. The van der Waals surface area contributed by atoms with E-state index in [2.05, 4.69) is 15.9 Å². The third-order valence-corrected chi connectivity index (χ3v) is 3.95. The highest BCUT2D eigenvalue weighted by molar-refractivity contribution is 9.10. The van der Waals surface area contributed by atoms with Crippen LogP contribution in [0.1, 0.15) is 21.5 Å². The van der Waals surface area contributed by atoms with Crippen molar-refractivity contribution in [2.24, 2.45) is 0 Å². The molecule has 2 aromatic carbocycles. The van der Waals surface area contributed by atoms with Gasteiger partial charge in [0.25, 0.3) is 0 Å². The van der Waals surface area contributed by atoms with Gasteiger partial charge in [0.15, 0.2) is 0 Å². The van der Waals surface area contributed by atoms with E-state index in [9.17, 15) is 9.59 Å². The third kappa shape index (κ3) is 3.51. The standard InChI is InChI=1S/C18H13BrO4/c1-11-2-7-15-13(9-17(20)23-16(15)8-11)10-22-18(21)12-3-5-14(19)6-4-12/h2-9H,10H2,1H3. The van der Waals surface area contributed by atoms with Gasteiger partial charge >= 0.3 is 11.6 Å². The van der Waals surface area contributed by atoms with Gasteiger partial charge in [0.2, 0.25) is 0 Å². The van der Waals surface area contributed by atoms with E-state index in [0.29, 0.717) is 16.7 Å². The number of esters is 1. The van der Waals surface area contributed by atoms with Gasteiger partial charge in [-0.25, -0.2) is 9.59 Å². The average Bonchev–Trinajstić information content (AvgIpc) is 2.52. The molecule has 0 aliphatic rings. The van der Waals surface area contributed by atoms with Crippen molar-refractivity contribution in [1.82, 2.24) is 0 Å². The minimum absolute atomic E-state index is 0.0139. The van der Waals surface area contributed by atoms with E-state index in [1.165, 1.54) is 6.07 Å². The van der Waals surface area contributed by atoms with E-state index in [0.717, 1.165) is 15.4 Å². The minimum Gasteiger partial charge on any atom is -0.457 e. The molecule has 1 heterocycles. The maximum atomic E-state index is 12.1. The van der Waals surface area contributed by atoms with Crippen LogP contribution in [0.4, 0.5) is 0 Å². The smallest absolute Gasteiger partial charge is 0.338 e. The Morgan fingerprint density at radius 2 is 1.87 bits per heavy atom. The van der Waals surface area contributed by atoms with Crippen molar-refractivity contribution in [2.45, 2.75) is 13.5 Å². The molecule has 0 fully saturated rings. The topological polar surface area (TPSA) is 56.5 Å². The lowest BCUT2D eigenvalue weighted by molar-refractivity contribution is 0.0474. The summed E-state index contributed by atoms with van der Waals surface area (Å²) in [6.45, 7) is 1.93. The van der Waals surface area contributed by atoms with Crippen molar-refractivity contribution in [2.75, 3.05) is 0 Å². The van der Waals surface area contributed by atoms with Crippen LogP contribution in [-0.2, 0) is 11.3 Å². The number of rotatable bonds is 3. The predicted octanol–water partition coefficient (Wildman–Crippen LogP) is 4.22. The monoisotopic (exact) mass is 372 g/mol. The number of carbonyl (C=O) groups excluding carboxylic acids is 1. The van der Waals surface area contributed by atoms with Crippen LogP contribution in [0, 0.1) is 6.92 Å². The number of hydrogen-bond acceptors (Lipinski definition) is 4. The Morgan fingerprint density at radius 1 is 1.13 bits per heavy atom. The van der Waals surface area contributed by atoms with Crippen molar-refractivity contribution >= 4 is 32.9 Å². The maximum Gasteiger partial charge on any atom is 0.338 e. The molecule has 0 saturated heterocycles. The summed E-state index contributed by atoms with van der Waals surface area (Å²) in [7, 11) is 0. The van der Waals surface area contributed by atoms with Gasteiger partial charge in [0, 0.05) is 21.5 Å². The molecule has 0 N–H and O–H groups in total. The zero-order chi connectivity index (χ0) is 16.4. The quantitative estimate of drug-likeness (QED) is 0.510. The van der Waals surface area contributed by atoms with Crippen LogP contribution in [0.25, 0.3) is 11.0 Å². The summed E-state index contributed by atoms with van der Waals surface area (Å²) in [6, 6.07) is 13.8. The second-order valence-corrected chi connectivity index (χ2v) is 6.09. The highest BCUT2D eigenvalue weighted by Gasteiger charge is 2.10. The number of aryl methyl sites for hydroxylation is 1. The zero-order valence-electron chi connectivity index (χ0n) is 12.3. The molecule has 1 aromatic heterocycles. The Bertz CT molecular complexity index is 926. The molecule has 0 amide bonds. The highest BCUT2D eigenvalue weighted by atomic mass is 79.9. The molecular weight excluding hydrogens is 360 g/mol. The lowest BCUT2D eigenvalue weighted by atomic mass is 10.1. The van der Waals surface area contributed by atoms with Gasteiger partial charge in [-0.05, 0) is 42.8 Å². The van der Waals surface area contributed by atoms with E-state index in [1.54, 1.807) is 30.3 Å². The largest absolute Gasteiger partial charge is 0.457 e. The highest BCUT2D eigenvalue weighted by Crippen LogP contribution is 2.20. The fourth-order valence-electron chi connectivity index (χ4n) is 2.27. The van der Waals surface area contributed by atoms with Crippen LogP contribution in [-0.4, -0.2) is 5.97 Å². The Labute approximate surface area is 140 Å². The summed E-state index contributed by atoms with van der Waals surface area (Å²) in [5, 5.41) is 0.763. The van der Waals surface area contributed by atoms with Crippen LogP contribution in [0.2, 0.25) is 0 Å². The van der Waals surface area contributed by atoms with E-state index >= 15 is 0 Å². The molecule has 23 heavy (non-hydrogen) atoms. The summed E-state index contributed by atoms with van der Waals surface area (Å²) < 4.78 is 11.4. The average molecular weight is 373 g/mol. The first-order valence-electron chi connectivity index (χ1n) is 6.99. The van der Waals surface area contributed by atoms with Gasteiger partial charge in [0.1, 0.15) is 12.2 Å². The second kappa shape index (κ2) is 6.38. The van der Waals surface area contributed by atoms with Gasteiger partial charge < -0.3 is 9.15 Å². The van der Waals surface area contributed by atoms with E-state index in [-0.39, 0.29) is 6.61 Å². The first-order chi connectivity index (χ1) is 11.0. The second-order valence-electron chi connectivity index (χ2n) is 5.17. The van der Waals surface area contributed by atoms with Gasteiger partial charge in [-0.1, -0.05) is 28.1 Å². The molecule has 0 unspecified atom stereocenters. The van der Waals surface area contributed by atoms with Crippen molar-refractivity contribution in [3.05, 3.63) is 80.1 Å². The molecule has 0 radical (unpaired) electrons. The first-order valence-corrected chi connectivity index (χ1v) is 7.78. The van der Waals surface area contributed by atoms with E-state index < -0.39 is 11.6 Å². The summed E-state index contributed by atoms with van der Waals surface area (Å²) in [5.74, 6) is -0.439. The maximum absolute atomic E-state index is 12.1. The molecule has 0 aliphatic heterocycles. The summed E-state index contributed by atoms with van der Waals surface area (Å²) in [5.41, 5.74) is 2.10. The fraction of sp³-hybridized carbons (Fsp3) is 0.111. The van der Waals surface area contributed by atoms with Gasteiger partial charge in [0.05, 0.1) is 5.56 Å². The molecule has 5 heteroatoms. The number of fused-ring (bicyclic) bond motifs is 1. The molecule has 4 nitrogen and oxygen atoms in total. The molecule has 116 valence electrons. The molecule has 0 atom stereocenters. The zero-order valence-corrected chi connectivity index (χ0v) is 13.9. The van der Waals surface area contributed by atoms with Crippen LogP contribution in [0.15, 0.2) is 62.2 Å². The third-order valence-electron chi connectivity index (χ3n) is 3.42. The van der Waals surface area contributed by atoms with E-state index in [4.69, 9.17) is 9.15 Å². The number of benzene rings is 2. The minimum atomic E-state index is -0.460. The van der Waals surface area contributed by atoms with Crippen molar-refractivity contribution in [1.29, 1.82) is 0 Å². The molecule has 0 bridgehead atoms. The first kappa shape index (κ1) is 15.5. The SMILES string of the molecule is Cc1ccc2c(COC(=O)c3ccc(Br)cc3)cc(=O)oc2c1. The number of hydrogen-bond donors (Lipinski definition) is 0.